The molecule has 2 aromatic carbocycles. The molecule has 0 aliphatic rings. The van der Waals surface area contributed by atoms with Crippen molar-refractivity contribution >= 4 is 53.1 Å². The third-order valence-corrected chi connectivity index (χ3v) is 5.90. The summed E-state index contributed by atoms with van der Waals surface area (Å²) in [5.74, 6) is 0.567. The van der Waals surface area contributed by atoms with E-state index in [-0.39, 0.29) is 18.7 Å². The van der Waals surface area contributed by atoms with Gasteiger partial charge in [0, 0.05) is 49.5 Å². The Morgan fingerprint density at radius 2 is 1.82 bits per heavy atom. The van der Waals surface area contributed by atoms with E-state index < -0.39 is 0 Å². The molecule has 6 nitrogen and oxygen atoms in total. The second-order valence-electron chi connectivity index (χ2n) is 8.03. The Hall–Kier alpha value is -3.71. The van der Waals surface area contributed by atoms with Gasteiger partial charge in [0.2, 0.25) is 5.91 Å². The van der Waals surface area contributed by atoms with Crippen LogP contribution in [0.15, 0.2) is 79.2 Å². The Morgan fingerprint density at radius 1 is 1.11 bits per heavy atom. The minimum Gasteiger partial charge on any atom is -0.400 e. The van der Waals surface area contributed by atoms with Crippen molar-refractivity contribution in [2.24, 2.45) is 7.05 Å². The molecule has 198 valence electrons. The highest BCUT2D eigenvalue weighted by Gasteiger charge is 2.09. The first kappa shape index (κ1) is 30.5. The topological polar surface area (TPSA) is 84.2 Å². The van der Waals surface area contributed by atoms with Crippen molar-refractivity contribution in [2.45, 2.75) is 19.8 Å². The van der Waals surface area contributed by atoms with Crippen molar-refractivity contribution in [2.75, 3.05) is 7.11 Å². The quantitative estimate of drug-likeness (QED) is 0.216. The summed E-state index contributed by atoms with van der Waals surface area (Å²) >= 11 is 12.3. The summed E-state index contributed by atoms with van der Waals surface area (Å²) in [4.78, 5) is 26.8. The normalized spacial score (nSPS) is 11.4. The molecule has 3 aromatic rings. The van der Waals surface area contributed by atoms with Gasteiger partial charge in [-0.15, -0.1) is 0 Å². The van der Waals surface area contributed by atoms with E-state index in [1.165, 1.54) is 0 Å². The zero-order chi connectivity index (χ0) is 28.1. The molecule has 1 heterocycles. The number of rotatable bonds is 10. The Balaban J connectivity index is 0.00000247. The van der Waals surface area contributed by atoms with Crippen LogP contribution in [0.25, 0.3) is 29.0 Å². The highest BCUT2D eigenvalue weighted by Crippen LogP contribution is 2.30. The fourth-order valence-electron chi connectivity index (χ4n) is 3.44. The van der Waals surface area contributed by atoms with Crippen LogP contribution >= 0.6 is 23.2 Å². The number of halogens is 2. The van der Waals surface area contributed by atoms with E-state index in [0.29, 0.717) is 15.7 Å². The highest BCUT2D eigenvalue weighted by atomic mass is 35.5. The predicted octanol–water partition coefficient (Wildman–Crippen LogP) is 6.74. The zero-order valence-electron chi connectivity index (χ0n) is 21.6. The molecule has 0 fully saturated rings. The lowest BCUT2D eigenvalue weighted by Crippen LogP contribution is -2.20. The number of aryl methyl sites for hydroxylation is 1. The van der Waals surface area contributed by atoms with Crippen molar-refractivity contribution in [3.63, 3.8) is 0 Å². The van der Waals surface area contributed by atoms with Crippen molar-refractivity contribution in [3.05, 3.63) is 106 Å². The monoisotopic (exact) mass is 551 g/mol. The molecular formula is C30H31Cl2N3O3. The van der Waals surface area contributed by atoms with Crippen LogP contribution in [0.4, 0.5) is 0 Å². The van der Waals surface area contributed by atoms with Crippen LogP contribution in [0.3, 0.4) is 0 Å². The highest BCUT2D eigenvalue weighted by molar-refractivity contribution is 6.36. The van der Waals surface area contributed by atoms with Gasteiger partial charge in [0.15, 0.2) is 0 Å². The summed E-state index contributed by atoms with van der Waals surface area (Å²) < 4.78 is 1.94. The van der Waals surface area contributed by atoms with Crippen LogP contribution in [0, 0.1) is 0 Å². The number of hydrogen-bond acceptors (Lipinski definition) is 4. The number of hydrogen-bond donors (Lipinski definition) is 2. The number of nitrogens with one attached hydrogen (secondary N) is 1. The van der Waals surface area contributed by atoms with Gasteiger partial charge in [-0.2, -0.15) is 0 Å². The number of aliphatic hydroxyl groups is 1. The molecular weight excluding hydrogens is 521 g/mol. The van der Waals surface area contributed by atoms with Crippen molar-refractivity contribution < 1.29 is 14.7 Å². The molecule has 2 N–H and O–H groups in total. The summed E-state index contributed by atoms with van der Waals surface area (Å²) in [6.07, 6.45) is 12.6. The maximum atomic E-state index is 11.7. The molecule has 8 heteroatoms. The second-order valence-corrected chi connectivity index (χ2v) is 8.87. The first-order chi connectivity index (χ1) is 18.3. The molecule has 0 saturated carbocycles. The fraction of sp³-hybridized carbons (Fsp3) is 0.167. The van der Waals surface area contributed by atoms with Gasteiger partial charge < -0.3 is 19.8 Å². The van der Waals surface area contributed by atoms with Gasteiger partial charge in [0.1, 0.15) is 12.1 Å². The Morgan fingerprint density at radius 3 is 2.45 bits per heavy atom. The van der Waals surface area contributed by atoms with Crippen LogP contribution in [-0.2, 0) is 16.6 Å². The summed E-state index contributed by atoms with van der Waals surface area (Å²) in [7, 11) is 2.94. The molecule has 3 rings (SSSR count). The van der Waals surface area contributed by atoms with Gasteiger partial charge in [0.05, 0.1) is 10.7 Å². The van der Waals surface area contributed by atoms with Crippen molar-refractivity contribution in [3.8, 4) is 11.3 Å². The van der Waals surface area contributed by atoms with Crippen LogP contribution < -0.4 is 5.32 Å². The third-order valence-electron chi connectivity index (χ3n) is 5.35. The Labute approximate surface area is 233 Å². The van der Waals surface area contributed by atoms with Crippen molar-refractivity contribution in [1.29, 1.82) is 0 Å². The Bertz CT molecular complexity index is 1350. The summed E-state index contributed by atoms with van der Waals surface area (Å²) in [6, 6.07) is 13.5. The largest absolute Gasteiger partial charge is 0.400 e. The van der Waals surface area contributed by atoms with Crippen LogP contribution in [-0.4, -0.2) is 34.0 Å². The first-order valence-electron chi connectivity index (χ1n) is 11.8. The SMILES string of the molecule is C=C(/C=C\C(=C/C)c1ccc(/C=C/c2nc(-c3ccc(Cl)cc3Cl)cn2C)cc1)NC(=O)CCC=O.CO. The maximum absolute atomic E-state index is 11.7. The number of imidazole rings is 1. The van der Waals surface area contributed by atoms with E-state index in [1.54, 1.807) is 18.2 Å². The van der Waals surface area contributed by atoms with Gasteiger partial charge >= 0.3 is 0 Å². The van der Waals surface area contributed by atoms with E-state index >= 15 is 0 Å². The molecule has 1 amide bonds. The number of aldehydes is 1. The van der Waals surface area contributed by atoms with Gasteiger partial charge in [0.25, 0.3) is 0 Å². The number of allylic oxidation sites excluding steroid dienone is 4. The van der Waals surface area contributed by atoms with E-state index in [0.717, 1.165) is 47.2 Å². The molecule has 1 aromatic heterocycles. The molecule has 0 aliphatic heterocycles. The lowest BCUT2D eigenvalue weighted by Gasteiger charge is -2.05. The summed E-state index contributed by atoms with van der Waals surface area (Å²) in [6.45, 7) is 5.79. The molecule has 38 heavy (non-hydrogen) atoms. The molecule has 0 unspecified atom stereocenters. The van der Waals surface area contributed by atoms with Crippen LogP contribution in [0.1, 0.15) is 36.7 Å². The van der Waals surface area contributed by atoms with Gasteiger partial charge in [-0.1, -0.05) is 72.3 Å². The molecule has 0 spiro atoms. The summed E-state index contributed by atoms with van der Waals surface area (Å²) in [5.41, 5.74) is 5.12. The number of benzene rings is 2. The predicted molar refractivity (Wildman–Crippen MR) is 158 cm³/mol. The number of nitrogens with zero attached hydrogens (tertiary/aromatic N) is 2. The van der Waals surface area contributed by atoms with E-state index in [2.05, 4.69) is 11.9 Å². The van der Waals surface area contributed by atoms with Crippen LogP contribution in [0.5, 0.6) is 0 Å². The number of carbonyl (C=O) groups excluding carboxylic acids is 2. The number of aromatic nitrogens is 2. The maximum Gasteiger partial charge on any atom is 0.224 e. The van der Waals surface area contributed by atoms with E-state index in [9.17, 15) is 9.59 Å². The average Bonchev–Trinajstić information content (AvgIpc) is 3.28. The van der Waals surface area contributed by atoms with Gasteiger partial charge in [-0.3, -0.25) is 4.79 Å². The van der Waals surface area contributed by atoms with E-state index in [1.807, 2.05) is 79.4 Å². The number of amides is 1. The lowest BCUT2D eigenvalue weighted by atomic mass is 10.0. The summed E-state index contributed by atoms with van der Waals surface area (Å²) in [5, 5.41) is 10.8. The fourth-order valence-corrected chi connectivity index (χ4v) is 3.95. The second kappa shape index (κ2) is 15.5. The third kappa shape index (κ3) is 8.99. The number of aliphatic hydroxyl groups excluding tert-OH is 1. The van der Waals surface area contributed by atoms with E-state index in [4.69, 9.17) is 33.3 Å². The van der Waals surface area contributed by atoms with Crippen LogP contribution in [0.2, 0.25) is 10.0 Å². The molecule has 0 radical (unpaired) electrons. The minimum atomic E-state index is -0.231. The molecule has 0 saturated heterocycles. The molecule has 0 aliphatic carbocycles. The Kier molecular flexibility index (Phi) is 12.5. The first-order valence-corrected chi connectivity index (χ1v) is 12.5. The minimum absolute atomic E-state index is 0.149. The smallest absolute Gasteiger partial charge is 0.224 e. The number of carbonyl (C=O) groups is 2. The zero-order valence-corrected chi connectivity index (χ0v) is 23.1. The molecule has 0 atom stereocenters. The average molecular weight is 553 g/mol. The van der Waals surface area contributed by atoms with Gasteiger partial charge in [-0.05, 0) is 54.0 Å². The van der Waals surface area contributed by atoms with Crippen molar-refractivity contribution in [1.82, 2.24) is 14.9 Å². The molecule has 0 bridgehead atoms. The van der Waals surface area contributed by atoms with Gasteiger partial charge in [-0.25, -0.2) is 4.98 Å². The lowest BCUT2D eigenvalue weighted by molar-refractivity contribution is -0.121. The standard InChI is InChI=1S/C29H27Cl2N3O2.CH4O/c1-4-22(11-7-20(2)32-29(36)6-5-17-35)23-12-8-21(9-13-23)10-16-28-33-27(19-34(28)3)25-15-14-24(30)18-26(25)31;1-2/h4,7-19H,2,5-6H2,1,3H3,(H,32,36);2H,1H3/b11-7-,16-10+,22-4+;.